The lowest BCUT2D eigenvalue weighted by Crippen LogP contribution is -2.36. The van der Waals surface area contributed by atoms with Crippen LogP contribution in [0.3, 0.4) is 0 Å². The van der Waals surface area contributed by atoms with Gasteiger partial charge in [0.05, 0.1) is 11.5 Å². The van der Waals surface area contributed by atoms with Crippen molar-refractivity contribution in [3.05, 3.63) is 18.6 Å². The number of carboxylic acid groups (broad SMARTS) is 1. The average molecular weight is 248 g/mol. The maximum atomic E-state index is 11.2. The molecule has 2 aromatic rings. The number of aromatic amines is 1. The van der Waals surface area contributed by atoms with E-state index < -0.39 is 18.1 Å². The Hall–Kier alpha value is -2.15. The number of β-amino-alcohol motifs (C(OH)–C–C–N with tert-alkyl or cyclic N) is 1. The molecule has 0 aliphatic carbocycles. The van der Waals surface area contributed by atoms with Gasteiger partial charge in [-0.15, -0.1) is 0 Å². The van der Waals surface area contributed by atoms with Crippen molar-refractivity contribution in [3.8, 4) is 0 Å². The lowest BCUT2D eigenvalue weighted by molar-refractivity contribution is -0.138. The minimum atomic E-state index is -0.950. The Balaban J connectivity index is 2.08. The molecule has 1 aliphatic heterocycles. The summed E-state index contributed by atoms with van der Waals surface area (Å²) in [4.78, 5) is 24.0. The van der Waals surface area contributed by atoms with E-state index in [-0.39, 0.29) is 13.0 Å². The highest BCUT2D eigenvalue weighted by Gasteiger charge is 2.37. The number of aliphatic hydroxyl groups is 1. The van der Waals surface area contributed by atoms with Crippen LogP contribution in [0.5, 0.6) is 0 Å². The van der Waals surface area contributed by atoms with Gasteiger partial charge in [0, 0.05) is 19.2 Å². The maximum absolute atomic E-state index is 11.2. The van der Waals surface area contributed by atoms with Gasteiger partial charge in [0.15, 0.2) is 0 Å². The maximum Gasteiger partial charge on any atom is 0.326 e. The molecule has 0 aromatic carbocycles. The third-order valence-electron chi connectivity index (χ3n) is 3.17. The summed E-state index contributed by atoms with van der Waals surface area (Å²) in [6.07, 6.45) is 2.68. The number of rotatable bonds is 2. The lowest BCUT2D eigenvalue weighted by Gasteiger charge is -2.22. The minimum absolute atomic E-state index is 0.214. The molecule has 0 spiro atoms. The standard InChI is InChI=1S/C11H12N4O3/c16-6-3-8(11(17)18)15(4-6)10-7-1-2-12-9(7)13-5-14-10/h1-2,5-6,8,16H,3-4H2,(H,17,18)(H,12,13,14)/t6-,8+/m1/s1. The van der Waals surface area contributed by atoms with E-state index in [1.54, 1.807) is 17.2 Å². The van der Waals surface area contributed by atoms with Crippen molar-refractivity contribution < 1.29 is 15.0 Å². The lowest BCUT2D eigenvalue weighted by atomic mass is 10.2. The van der Waals surface area contributed by atoms with E-state index in [4.69, 9.17) is 0 Å². The van der Waals surface area contributed by atoms with Gasteiger partial charge in [-0.1, -0.05) is 0 Å². The first kappa shape index (κ1) is 11.0. The van der Waals surface area contributed by atoms with E-state index in [2.05, 4.69) is 15.0 Å². The Labute approximate surface area is 102 Å². The monoisotopic (exact) mass is 248 g/mol. The molecule has 0 unspecified atom stereocenters. The SMILES string of the molecule is O=C(O)[C@@H]1C[C@@H](O)CN1c1ncnc2[nH]ccc12. The quantitative estimate of drug-likeness (QED) is 0.690. The van der Waals surface area contributed by atoms with Crippen LogP contribution < -0.4 is 4.90 Å². The summed E-state index contributed by atoms with van der Waals surface area (Å²) in [5, 5.41) is 19.6. The van der Waals surface area contributed by atoms with Crippen molar-refractivity contribution in [1.82, 2.24) is 15.0 Å². The minimum Gasteiger partial charge on any atom is -0.480 e. The highest BCUT2D eigenvalue weighted by atomic mass is 16.4. The summed E-state index contributed by atoms with van der Waals surface area (Å²) >= 11 is 0. The summed E-state index contributed by atoms with van der Waals surface area (Å²) < 4.78 is 0. The fourth-order valence-electron chi connectivity index (χ4n) is 2.37. The zero-order valence-electron chi connectivity index (χ0n) is 9.45. The number of fused-ring (bicyclic) bond motifs is 1. The van der Waals surface area contributed by atoms with Crippen LogP contribution >= 0.6 is 0 Å². The number of H-pyrrole nitrogens is 1. The first-order valence-corrected chi connectivity index (χ1v) is 5.62. The molecule has 1 saturated heterocycles. The summed E-state index contributed by atoms with van der Waals surface area (Å²) in [6.45, 7) is 0.272. The molecule has 0 radical (unpaired) electrons. The van der Waals surface area contributed by atoms with E-state index in [0.717, 1.165) is 5.39 Å². The number of aliphatic carboxylic acids is 1. The molecule has 0 saturated carbocycles. The molecule has 1 fully saturated rings. The summed E-state index contributed by atoms with van der Waals surface area (Å²) in [5.74, 6) is -0.404. The Morgan fingerprint density at radius 1 is 1.50 bits per heavy atom. The number of nitrogens with one attached hydrogen (secondary N) is 1. The number of aromatic nitrogens is 3. The van der Waals surface area contributed by atoms with Crippen LogP contribution in [0.2, 0.25) is 0 Å². The van der Waals surface area contributed by atoms with Crippen LogP contribution in [-0.2, 0) is 4.79 Å². The third kappa shape index (κ3) is 1.60. The number of anilines is 1. The Kier molecular flexibility index (Phi) is 2.41. The zero-order valence-corrected chi connectivity index (χ0v) is 9.45. The van der Waals surface area contributed by atoms with Crippen LogP contribution in [0, 0.1) is 0 Å². The first-order valence-electron chi connectivity index (χ1n) is 5.62. The van der Waals surface area contributed by atoms with Gasteiger partial charge in [0.25, 0.3) is 0 Å². The van der Waals surface area contributed by atoms with E-state index in [1.165, 1.54) is 6.33 Å². The summed E-state index contributed by atoms with van der Waals surface area (Å²) in [6, 6.07) is 1.06. The van der Waals surface area contributed by atoms with E-state index >= 15 is 0 Å². The molecule has 3 rings (SSSR count). The smallest absolute Gasteiger partial charge is 0.326 e. The molecular weight excluding hydrogens is 236 g/mol. The number of carbonyl (C=O) groups is 1. The predicted molar refractivity (Wildman–Crippen MR) is 63.3 cm³/mol. The van der Waals surface area contributed by atoms with Crippen molar-refractivity contribution in [2.45, 2.75) is 18.6 Å². The number of aliphatic hydroxyl groups excluding tert-OH is 1. The molecule has 2 aromatic heterocycles. The summed E-state index contributed by atoms with van der Waals surface area (Å²) in [7, 11) is 0. The van der Waals surface area contributed by atoms with Gasteiger partial charge in [-0.2, -0.15) is 0 Å². The van der Waals surface area contributed by atoms with Crippen LogP contribution in [0.1, 0.15) is 6.42 Å². The molecule has 2 atom stereocenters. The second-order valence-electron chi connectivity index (χ2n) is 4.33. The van der Waals surface area contributed by atoms with Gasteiger partial charge >= 0.3 is 5.97 Å². The Bertz CT molecular complexity index is 597. The van der Waals surface area contributed by atoms with Gasteiger partial charge < -0.3 is 20.1 Å². The van der Waals surface area contributed by atoms with Crippen molar-refractivity contribution in [1.29, 1.82) is 0 Å². The Morgan fingerprint density at radius 3 is 3.11 bits per heavy atom. The predicted octanol–water partition coefficient (Wildman–Crippen LogP) is -0.0179. The summed E-state index contributed by atoms with van der Waals surface area (Å²) in [5.41, 5.74) is 0.658. The van der Waals surface area contributed by atoms with E-state index in [0.29, 0.717) is 11.5 Å². The van der Waals surface area contributed by atoms with Gasteiger partial charge in [-0.3, -0.25) is 0 Å². The molecule has 1 aliphatic rings. The number of hydrogen-bond donors (Lipinski definition) is 3. The first-order chi connectivity index (χ1) is 8.66. The molecule has 7 nitrogen and oxygen atoms in total. The fourth-order valence-corrected chi connectivity index (χ4v) is 2.37. The number of hydrogen-bond acceptors (Lipinski definition) is 5. The largest absolute Gasteiger partial charge is 0.480 e. The van der Waals surface area contributed by atoms with Crippen molar-refractivity contribution >= 4 is 22.8 Å². The highest BCUT2D eigenvalue weighted by molar-refractivity contribution is 5.90. The zero-order chi connectivity index (χ0) is 12.7. The van der Waals surface area contributed by atoms with Crippen molar-refractivity contribution in [2.75, 3.05) is 11.4 Å². The topological polar surface area (TPSA) is 102 Å². The highest BCUT2D eigenvalue weighted by Crippen LogP contribution is 2.29. The van der Waals surface area contributed by atoms with Crippen LogP contribution in [0.4, 0.5) is 5.82 Å². The third-order valence-corrected chi connectivity index (χ3v) is 3.17. The Morgan fingerprint density at radius 2 is 2.33 bits per heavy atom. The molecule has 0 bridgehead atoms. The van der Waals surface area contributed by atoms with Gasteiger partial charge in [0.2, 0.25) is 0 Å². The van der Waals surface area contributed by atoms with E-state index in [9.17, 15) is 15.0 Å². The molecule has 3 N–H and O–H groups in total. The van der Waals surface area contributed by atoms with Gasteiger partial charge in [-0.05, 0) is 6.07 Å². The second-order valence-corrected chi connectivity index (χ2v) is 4.33. The number of nitrogens with zero attached hydrogens (tertiary/aromatic N) is 3. The normalized spacial score (nSPS) is 23.7. The van der Waals surface area contributed by atoms with E-state index in [1.807, 2.05) is 0 Å². The molecule has 7 heteroatoms. The van der Waals surface area contributed by atoms with Crippen LogP contribution in [-0.4, -0.2) is 49.8 Å². The van der Waals surface area contributed by atoms with Crippen molar-refractivity contribution in [2.24, 2.45) is 0 Å². The van der Waals surface area contributed by atoms with Gasteiger partial charge in [-0.25, -0.2) is 14.8 Å². The molecular formula is C11H12N4O3. The van der Waals surface area contributed by atoms with Gasteiger partial charge in [0.1, 0.15) is 23.8 Å². The second kappa shape index (κ2) is 3.95. The van der Waals surface area contributed by atoms with Crippen LogP contribution in [0.25, 0.3) is 11.0 Å². The molecule has 18 heavy (non-hydrogen) atoms. The molecule has 94 valence electrons. The van der Waals surface area contributed by atoms with Crippen molar-refractivity contribution in [3.63, 3.8) is 0 Å². The van der Waals surface area contributed by atoms with Crippen LogP contribution in [0.15, 0.2) is 18.6 Å². The number of carboxylic acids is 1. The molecule has 0 amide bonds. The fraction of sp³-hybridized carbons (Fsp3) is 0.364. The average Bonchev–Trinajstić information content (AvgIpc) is 2.94. The molecule has 3 heterocycles.